The van der Waals surface area contributed by atoms with Crippen molar-refractivity contribution in [3.63, 3.8) is 0 Å². The monoisotopic (exact) mass is 257 g/mol. The molecule has 0 spiro atoms. The number of rotatable bonds is 6. The van der Waals surface area contributed by atoms with Crippen LogP contribution in [0.25, 0.3) is 0 Å². The summed E-state index contributed by atoms with van der Waals surface area (Å²) in [5.74, 6) is -0.787. The second-order valence-corrected chi connectivity index (χ2v) is 3.99. The minimum absolute atomic E-state index is 0. The molecular weight excluding hydrogens is 238 g/mol. The first-order valence-electron chi connectivity index (χ1n) is 5.64. The number of carboxylic acid groups (broad SMARTS) is 1. The van der Waals surface area contributed by atoms with Crippen LogP contribution in [0.5, 0.6) is 0 Å². The Kier molecular flexibility index (Phi) is 7.59. The molecule has 17 heavy (non-hydrogen) atoms. The Bertz CT molecular complexity index is 329. The van der Waals surface area contributed by atoms with E-state index in [0.29, 0.717) is 0 Å². The molecule has 0 aromatic heterocycles. The molecule has 1 aromatic rings. The zero-order chi connectivity index (χ0) is 12.0. The van der Waals surface area contributed by atoms with Crippen LogP contribution in [-0.2, 0) is 4.79 Å². The van der Waals surface area contributed by atoms with Gasteiger partial charge in [-0.05, 0) is 25.6 Å². The smallest absolute Gasteiger partial charge is 0.325 e. The van der Waals surface area contributed by atoms with Crippen LogP contribution in [0.4, 0.5) is 0 Å². The Morgan fingerprint density at radius 1 is 1.35 bits per heavy atom. The number of nitrogens with zero attached hydrogens (tertiary/aromatic N) is 1. The van der Waals surface area contributed by atoms with Crippen LogP contribution >= 0.6 is 12.4 Å². The fourth-order valence-corrected chi connectivity index (χ4v) is 1.76. The second kappa shape index (κ2) is 8.09. The molecule has 1 aromatic carbocycles. The lowest BCUT2D eigenvalue weighted by Gasteiger charge is -2.24. The Morgan fingerprint density at radius 2 is 1.94 bits per heavy atom. The number of hydrogen-bond donors (Lipinski definition) is 1. The van der Waals surface area contributed by atoms with Gasteiger partial charge in [-0.3, -0.25) is 9.69 Å². The number of halogens is 1. The number of hydrogen-bond acceptors (Lipinski definition) is 2. The van der Waals surface area contributed by atoms with Gasteiger partial charge in [-0.2, -0.15) is 0 Å². The lowest BCUT2D eigenvalue weighted by Crippen LogP contribution is -2.31. The first-order chi connectivity index (χ1) is 7.66. The summed E-state index contributed by atoms with van der Waals surface area (Å²) in [7, 11) is 1.86. The number of aliphatic carboxylic acids is 1. The second-order valence-electron chi connectivity index (χ2n) is 3.99. The van der Waals surface area contributed by atoms with Gasteiger partial charge in [-0.25, -0.2) is 0 Å². The maximum Gasteiger partial charge on any atom is 0.325 e. The highest BCUT2D eigenvalue weighted by molar-refractivity contribution is 5.85. The number of unbranched alkanes of at least 4 members (excludes halogenated alkanes) is 1. The minimum Gasteiger partial charge on any atom is -0.480 e. The summed E-state index contributed by atoms with van der Waals surface area (Å²) in [5.41, 5.74) is 0.841. The van der Waals surface area contributed by atoms with E-state index in [-0.39, 0.29) is 12.4 Å². The Hall–Kier alpha value is -1.06. The van der Waals surface area contributed by atoms with Crippen LogP contribution < -0.4 is 0 Å². The van der Waals surface area contributed by atoms with Crippen molar-refractivity contribution in [2.75, 3.05) is 13.6 Å². The molecule has 96 valence electrons. The van der Waals surface area contributed by atoms with E-state index in [1.165, 1.54) is 0 Å². The van der Waals surface area contributed by atoms with Crippen LogP contribution in [0.3, 0.4) is 0 Å². The summed E-state index contributed by atoms with van der Waals surface area (Å²) in [5, 5.41) is 9.25. The molecule has 0 saturated heterocycles. The molecule has 0 bridgehead atoms. The van der Waals surface area contributed by atoms with Gasteiger partial charge in [0.25, 0.3) is 0 Å². The van der Waals surface area contributed by atoms with Gasteiger partial charge in [-0.15, -0.1) is 12.4 Å². The van der Waals surface area contributed by atoms with Gasteiger partial charge in [0.05, 0.1) is 0 Å². The quantitative estimate of drug-likeness (QED) is 0.852. The molecule has 1 rings (SSSR count). The fraction of sp³-hybridized carbons (Fsp3) is 0.462. The Labute approximate surface area is 109 Å². The van der Waals surface area contributed by atoms with E-state index in [2.05, 4.69) is 6.92 Å². The first-order valence-corrected chi connectivity index (χ1v) is 5.64. The van der Waals surface area contributed by atoms with Crippen LogP contribution in [0.15, 0.2) is 30.3 Å². The molecule has 1 atom stereocenters. The number of carboxylic acids is 1. The molecule has 0 aliphatic rings. The third-order valence-electron chi connectivity index (χ3n) is 2.65. The maximum atomic E-state index is 11.3. The summed E-state index contributed by atoms with van der Waals surface area (Å²) >= 11 is 0. The topological polar surface area (TPSA) is 40.5 Å². The average Bonchev–Trinajstić information content (AvgIpc) is 2.27. The van der Waals surface area contributed by atoms with E-state index in [1.807, 2.05) is 42.3 Å². The SMILES string of the molecule is CCCCN(C)[C@@H](C(=O)O)c1ccccc1.Cl. The molecule has 4 heteroatoms. The summed E-state index contributed by atoms with van der Waals surface area (Å²) < 4.78 is 0. The van der Waals surface area contributed by atoms with Crippen molar-refractivity contribution in [2.45, 2.75) is 25.8 Å². The molecule has 1 N–H and O–H groups in total. The van der Waals surface area contributed by atoms with E-state index >= 15 is 0 Å². The van der Waals surface area contributed by atoms with Crippen molar-refractivity contribution in [3.05, 3.63) is 35.9 Å². The van der Waals surface area contributed by atoms with Gasteiger partial charge >= 0.3 is 5.97 Å². The predicted molar refractivity (Wildman–Crippen MR) is 71.6 cm³/mol. The minimum atomic E-state index is -0.787. The molecule has 0 aliphatic carbocycles. The predicted octanol–water partition coefficient (Wildman–Crippen LogP) is 2.97. The molecule has 0 aliphatic heterocycles. The zero-order valence-corrected chi connectivity index (χ0v) is 11.1. The van der Waals surface area contributed by atoms with Crippen LogP contribution in [-0.4, -0.2) is 29.6 Å². The van der Waals surface area contributed by atoms with Crippen LogP contribution in [0, 0.1) is 0 Å². The highest BCUT2D eigenvalue weighted by Crippen LogP contribution is 2.19. The number of benzene rings is 1. The van der Waals surface area contributed by atoms with E-state index in [9.17, 15) is 9.90 Å². The molecular formula is C13H20ClNO2. The summed E-state index contributed by atoms with van der Waals surface area (Å²) in [6, 6.07) is 8.84. The molecule has 0 heterocycles. The lowest BCUT2D eigenvalue weighted by atomic mass is 10.1. The van der Waals surface area contributed by atoms with Crippen molar-refractivity contribution < 1.29 is 9.90 Å². The van der Waals surface area contributed by atoms with E-state index in [0.717, 1.165) is 24.9 Å². The number of likely N-dealkylation sites (N-methyl/N-ethyl adjacent to an activating group) is 1. The van der Waals surface area contributed by atoms with Crippen molar-refractivity contribution in [3.8, 4) is 0 Å². The van der Waals surface area contributed by atoms with Gasteiger partial charge in [0.1, 0.15) is 6.04 Å². The van der Waals surface area contributed by atoms with Gasteiger partial charge in [0, 0.05) is 0 Å². The fourth-order valence-electron chi connectivity index (χ4n) is 1.76. The third-order valence-corrected chi connectivity index (χ3v) is 2.65. The van der Waals surface area contributed by atoms with E-state index in [1.54, 1.807) is 0 Å². The van der Waals surface area contributed by atoms with E-state index in [4.69, 9.17) is 0 Å². The van der Waals surface area contributed by atoms with Crippen molar-refractivity contribution in [1.29, 1.82) is 0 Å². The van der Waals surface area contributed by atoms with Gasteiger partial charge in [-0.1, -0.05) is 43.7 Å². The van der Waals surface area contributed by atoms with Gasteiger partial charge in [0.2, 0.25) is 0 Å². The molecule has 3 nitrogen and oxygen atoms in total. The third kappa shape index (κ3) is 4.75. The average molecular weight is 258 g/mol. The highest BCUT2D eigenvalue weighted by Gasteiger charge is 2.23. The number of carbonyl (C=O) groups is 1. The van der Waals surface area contributed by atoms with Gasteiger partial charge in [0.15, 0.2) is 0 Å². The summed E-state index contributed by atoms with van der Waals surface area (Å²) in [6.07, 6.45) is 2.10. The molecule has 0 amide bonds. The molecule has 0 radical (unpaired) electrons. The van der Waals surface area contributed by atoms with Crippen LogP contribution in [0.2, 0.25) is 0 Å². The van der Waals surface area contributed by atoms with Crippen molar-refractivity contribution >= 4 is 18.4 Å². The largest absolute Gasteiger partial charge is 0.480 e. The van der Waals surface area contributed by atoms with E-state index < -0.39 is 12.0 Å². The van der Waals surface area contributed by atoms with Crippen molar-refractivity contribution in [2.24, 2.45) is 0 Å². The zero-order valence-electron chi connectivity index (χ0n) is 10.3. The van der Waals surface area contributed by atoms with Crippen LogP contribution in [0.1, 0.15) is 31.4 Å². The lowest BCUT2D eigenvalue weighted by molar-refractivity contribution is -0.143. The first kappa shape index (κ1) is 15.9. The molecule has 0 fully saturated rings. The standard InChI is InChI=1S/C13H19NO2.ClH/c1-3-4-10-14(2)12(13(15)16)11-8-6-5-7-9-11;/h5-9,12H,3-4,10H2,1-2H3,(H,15,16);1H/t12-;/m1./s1. The summed E-state index contributed by atoms with van der Waals surface area (Å²) in [6.45, 7) is 2.91. The normalized spacial score (nSPS) is 11.9. The highest BCUT2D eigenvalue weighted by atomic mass is 35.5. The Balaban J connectivity index is 0.00000256. The Morgan fingerprint density at radius 3 is 2.41 bits per heavy atom. The summed E-state index contributed by atoms with van der Waals surface area (Å²) in [4.78, 5) is 13.2. The van der Waals surface area contributed by atoms with Gasteiger partial charge < -0.3 is 5.11 Å². The maximum absolute atomic E-state index is 11.3. The molecule has 0 saturated carbocycles. The molecule has 0 unspecified atom stereocenters. The van der Waals surface area contributed by atoms with Crippen molar-refractivity contribution in [1.82, 2.24) is 4.90 Å².